The summed E-state index contributed by atoms with van der Waals surface area (Å²) in [6.45, 7) is 0.263. The second kappa shape index (κ2) is 7.35. The Balaban J connectivity index is 2.21. The first-order valence-corrected chi connectivity index (χ1v) is 5.89. The van der Waals surface area contributed by atoms with Gasteiger partial charge in [0.25, 0.3) is 0 Å². The molecule has 0 saturated heterocycles. The van der Waals surface area contributed by atoms with Crippen molar-refractivity contribution in [3.8, 4) is 5.75 Å². The number of primary amides is 1. The Morgan fingerprint density at radius 1 is 1.32 bits per heavy atom. The zero-order chi connectivity index (χ0) is 14.3. The Bertz CT molecular complexity index is 434. The lowest BCUT2D eigenvalue weighted by atomic mass is 10.3. The molecule has 0 radical (unpaired) electrons. The van der Waals surface area contributed by atoms with Gasteiger partial charge in [0.05, 0.1) is 13.2 Å². The summed E-state index contributed by atoms with van der Waals surface area (Å²) >= 11 is 0. The molecular weight excluding hydrogens is 251 g/mol. The molecule has 0 aliphatic heterocycles. The van der Waals surface area contributed by atoms with E-state index in [1.165, 1.54) is 36.2 Å². The highest BCUT2D eigenvalue weighted by atomic mass is 19.1. The highest BCUT2D eigenvalue weighted by Crippen LogP contribution is 2.11. The van der Waals surface area contributed by atoms with Crippen LogP contribution >= 0.6 is 0 Å². The number of likely N-dealkylation sites (N-methyl/N-ethyl adjacent to an activating group) is 1. The lowest BCUT2D eigenvalue weighted by Gasteiger charge is -2.14. The van der Waals surface area contributed by atoms with Crippen molar-refractivity contribution >= 4 is 11.8 Å². The number of nitrogens with two attached hydrogens (primary N) is 1. The van der Waals surface area contributed by atoms with Crippen LogP contribution in [0.25, 0.3) is 0 Å². The molecule has 0 saturated carbocycles. The first kappa shape index (κ1) is 14.9. The maximum absolute atomic E-state index is 12.6. The van der Waals surface area contributed by atoms with Crippen molar-refractivity contribution in [2.45, 2.75) is 12.8 Å². The third-order valence-electron chi connectivity index (χ3n) is 2.44. The van der Waals surface area contributed by atoms with Gasteiger partial charge in [0.2, 0.25) is 11.8 Å². The predicted octanol–water partition coefficient (Wildman–Crippen LogP) is 0.928. The van der Waals surface area contributed by atoms with E-state index in [2.05, 4.69) is 0 Å². The summed E-state index contributed by atoms with van der Waals surface area (Å²) in [7, 11) is 1.52. The van der Waals surface area contributed by atoms with E-state index in [-0.39, 0.29) is 24.7 Å². The number of amides is 2. The minimum absolute atomic E-state index is 0.0857. The molecule has 0 unspecified atom stereocenters. The summed E-state index contributed by atoms with van der Waals surface area (Å²) in [5.74, 6) is -0.477. The highest BCUT2D eigenvalue weighted by Gasteiger charge is 2.10. The average Bonchev–Trinajstić information content (AvgIpc) is 2.35. The van der Waals surface area contributed by atoms with E-state index in [1.54, 1.807) is 0 Å². The molecule has 0 bridgehead atoms. The standard InChI is InChI=1S/C13H17FN2O3/c1-16(9-12(15)17)13(18)3-2-8-19-11-6-4-10(14)5-7-11/h4-7H,2-3,8-9H2,1H3,(H2,15,17). The van der Waals surface area contributed by atoms with Crippen LogP contribution in [0.4, 0.5) is 4.39 Å². The van der Waals surface area contributed by atoms with Crippen LogP contribution in [0.3, 0.4) is 0 Å². The molecule has 0 aliphatic rings. The molecule has 0 aliphatic carbocycles. The van der Waals surface area contributed by atoms with Crippen molar-refractivity contribution in [1.29, 1.82) is 0 Å². The van der Waals surface area contributed by atoms with Gasteiger partial charge in [-0.1, -0.05) is 0 Å². The van der Waals surface area contributed by atoms with Gasteiger partial charge >= 0.3 is 0 Å². The van der Waals surface area contributed by atoms with Crippen molar-refractivity contribution in [3.05, 3.63) is 30.1 Å². The molecule has 1 rings (SSSR count). The first-order chi connectivity index (χ1) is 8.99. The van der Waals surface area contributed by atoms with Gasteiger partial charge in [-0.05, 0) is 30.7 Å². The van der Waals surface area contributed by atoms with Crippen molar-refractivity contribution in [2.24, 2.45) is 5.73 Å². The maximum Gasteiger partial charge on any atom is 0.237 e. The molecule has 6 heteroatoms. The Morgan fingerprint density at radius 2 is 1.95 bits per heavy atom. The molecule has 0 spiro atoms. The number of nitrogens with zero attached hydrogens (tertiary/aromatic N) is 1. The Kier molecular flexibility index (Phi) is 5.78. The molecule has 5 nitrogen and oxygen atoms in total. The number of rotatable bonds is 7. The molecule has 0 aromatic heterocycles. The van der Waals surface area contributed by atoms with Crippen LogP contribution < -0.4 is 10.5 Å². The fraction of sp³-hybridized carbons (Fsp3) is 0.385. The van der Waals surface area contributed by atoms with Crippen LogP contribution in [0.2, 0.25) is 0 Å². The zero-order valence-electron chi connectivity index (χ0n) is 10.8. The lowest BCUT2D eigenvalue weighted by Crippen LogP contribution is -2.35. The first-order valence-electron chi connectivity index (χ1n) is 5.89. The number of halogens is 1. The summed E-state index contributed by atoms with van der Waals surface area (Å²) in [6.07, 6.45) is 0.782. The second-order valence-electron chi connectivity index (χ2n) is 4.12. The number of benzene rings is 1. The van der Waals surface area contributed by atoms with E-state index < -0.39 is 5.91 Å². The topological polar surface area (TPSA) is 72.6 Å². The van der Waals surface area contributed by atoms with Gasteiger partial charge in [-0.3, -0.25) is 9.59 Å². The summed E-state index contributed by atoms with van der Waals surface area (Å²) in [4.78, 5) is 23.5. The van der Waals surface area contributed by atoms with Gasteiger partial charge in [-0.2, -0.15) is 0 Å². The fourth-order valence-electron chi connectivity index (χ4n) is 1.46. The summed E-state index contributed by atoms with van der Waals surface area (Å²) in [5, 5.41) is 0. The Hall–Kier alpha value is -2.11. The quantitative estimate of drug-likeness (QED) is 0.748. The van der Waals surface area contributed by atoms with Crippen LogP contribution in [0.1, 0.15) is 12.8 Å². The molecule has 0 heterocycles. The van der Waals surface area contributed by atoms with Crippen LogP contribution in [0.5, 0.6) is 5.75 Å². The highest BCUT2D eigenvalue weighted by molar-refractivity contribution is 5.83. The van der Waals surface area contributed by atoms with E-state index in [9.17, 15) is 14.0 Å². The number of hydrogen-bond acceptors (Lipinski definition) is 3. The molecule has 19 heavy (non-hydrogen) atoms. The predicted molar refractivity (Wildman–Crippen MR) is 68.0 cm³/mol. The third kappa shape index (κ3) is 5.85. The maximum atomic E-state index is 12.6. The largest absolute Gasteiger partial charge is 0.494 e. The normalized spacial score (nSPS) is 10.0. The number of hydrogen-bond donors (Lipinski definition) is 1. The third-order valence-corrected chi connectivity index (χ3v) is 2.44. The second-order valence-corrected chi connectivity index (χ2v) is 4.12. The van der Waals surface area contributed by atoms with E-state index in [1.807, 2.05) is 0 Å². The molecular formula is C13H17FN2O3. The van der Waals surface area contributed by atoms with Gasteiger partial charge in [-0.15, -0.1) is 0 Å². The summed E-state index contributed by atoms with van der Waals surface area (Å²) in [6, 6.07) is 5.66. The van der Waals surface area contributed by atoms with Crippen LogP contribution in [-0.4, -0.2) is 36.9 Å². The van der Waals surface area contributed by atoms with Gasteiger partial charge in [0, 0.05) is 13.5 Å². The monoisotopic (exact) mass is 268 g/mol. The van der Waals surface area contributed by atoms with Crippen molar-refractivity contribution in [1.82, 2.24) is 4.90 Å². The molecule has 2 N–H and O–H groups in total. The van der Waals surface area contributed by atoms with Crippen LogP contribution in [-0.2, 0) is 9.59 Å². The van der Waals surface area contributed by atoms with Crippen LogP contribution in [0.15, 0.2) is 24.3 Å². The van der Waals surface area contributed by atoms with Crippen LogP contribution in [0, 0.1) is 5.82 Å². The minimum Gasteiger partial charge on any atom is -0.494 e. The van der Waals surface area contributed by atoms with Gasteiger partial charge in [0.15, 0.2) is 0 Å². The fourth-order valence-corrected chi connectivity index (χ4v) is 1.46. The number of ether oxygens (including phenoxy) is 1. The van der Waals surface area contributed by atoms with E-state index in [0.29, 0.717) is 18.8 Å². The van der Waals surface area contributed by atoms with E-state index >= 15 is 0 Å². The Labute approximate surface area is 111 Å². The van der Waals surface area contributed by atoms with Gasteiger partial charge < -0.3 is 15.4 Å². The zero-order valence-corrected chi connectivity index (χ0v) is 10.8. The molecule has 1 aromatic rings. The minimum atomic E-state index is -0.543. The van der Waals surface area contributed by atoms with E-state index in [0.717, 1.165) is 0 Å². The molecule has 0 atom stereocenters. The smallest absolute Gasteiger partial charge is 0.237 e. The van der Waals surface area contributed by atoms with Crippen molar-refractivity contribution in [2.75, 3.05) is 20.2 Å². The van der Waals surface area contributed by atoms with Crippen molar-refractivity contribution in [3.63, 3.8) is 0 Å². The number of carbonyl (C=O) groups is 2. The molecule has 1 aromatic carbocycles. The summed E-state index contributed by atoms with van der Waals surface area (Å²) < 4.78 is 18.0. The van der Waals surface area contributed by atoms with Crippen molar-refractivity contribution < 1.29 is 18.7 Å². The van der Waals surface area contributed by atoms with Gasteiger partial charge in [-0.25, -0.2) is 4.39 Å². The molecule has 104 valence electrons. The number of carbonyl (C=O) groups excluding carboxylic acids is 2. The molecule has 0 fully saturated rings. The SMILES string of the molecule is CN(CC(N)=O)C(=O)CCCOc1ccc(F)cc1. The summed E-state index contributed by atoms with van der Waals surface area (Å²) in [5.41, 5.74) is 4.99. The van der Waals surface area contributed by atoms with Gasteiger partial charge in [0.1, 0.15) is 11.6 Å². The average molecular weight is 268 g/mol. The lowest BCUT2D eigenvalue weighted by molar-refractivity contribution is -0.133. The Morgan fingerprint density at radius 3 is 2.53 bits per heavy atom. The van der Waals surface area contributed by atoms with E-state index in [4.69, 9.17) is 10.5 Å². The molecule has 2 amide bonds.